The molecule has 0 spiro atoms. The average molecular weight is 430 g/mol. The van der Waals surface area contributed by atoms with Crippen LogP contribution >= 0.6 is 35.0 Å². The molecular weight excluding hydrogens is 413 g/mol. The molecule has 7 nitrogen and oxygen atoms in total. The number of benzene rings is 1. The molecule has 1 aromatic heterocycles. The maximum Gasteiger partial charge on any atom is 0.344 e. The summed E-state index contributed by atoms with van der Waals surface area (Å²) in [6.45, 7) is 1.42. The van der Waals surface area contributed by atoms with E-state index in [1.165, 1.54) is 31.0 Å². The predicted octanol–water partition coefficient (Wildman–Crippen LogP) is 4.42. The number of hydrogen-bond acceptors (Lipinski definition) is 6. The zero-order valence-corrected chi connectivity index (χ0v) is 16.8. The Bertz CT molecular complexity index is 912. The second-order valence-corrected chi connectivity index (χ2v) is 8.00. The maximum atomic E-state index is 11.0. The van der Waals surface area contributed by atoms with Crippen molar-refractivity contribution in [3.05, 3.63) is 33.4 Å². The van der Waals surface area contributed by atoms with Crippen molar-refractivity contribution in [2.75, 3.05) is 0 Å². The smallest absolute Gasteiger partial charge is 0.344 e. The monoisotopic (exact) mass is 429 g/mol. The largest absolute Gasteiger partial charge is 0.479 e. The van der Waals surface area contributed by atoms with Crippen molar-refractivity contribution in [1.29, 1.82) is 0 Å². The van der Waals surface area contributed by atoms with Crippen LogP contribution in [-0.4, -0.2) is 38.4 Å². The normalized spacial score (nSPS) is 15.3. The number of halogens is 2. The standard InChI is InChI=1S/C17H17Cl2N3O4S/c1-8(17(23)24)26-13-6-14(12(19)5-11(13)18)27-16-10(7-20-25)15(9-3-4-9)21-22(16)2/h5-9,25H,3-4H2,1-2H3,(H,23,24)/t8-/m0/s1. The number of oxime groups is 1. The van der Waals surface area contributed by atoms with Crippen LogP contribution < -0.4 is 4.74 Å². The highest BCUT2D eigenvalue weighted by Crippen LogP contribution is 2.45. The first-order valence-corrected chi connectivity index (χ1v) is 9.69. The summed E-state index contributed by atoms with van der Waals surface area (Å²) in [5, 5.41) is 27.1. The topological polar surface area (TPSA) is 96.9 Å². The summed E-state index contributed by atoms with van der Waals surface area (Å²) in [7, 11) is 1.80. The Balaban J connectivity index is 1.97. The van der Waals surface area contributed by atoms with Crippen molar-refractivity contribution in [3.8, 4) is 5.75 Å². The molecule has 0 aliphatic heterocycles. The number of hydrogen-bond donors (Lipinski definition) is 2. The van der Waals surface area contributed by atoms with Crippen molar-refractivity contribution < 1.29 is 19.8 Å². The summed E-state index contributed by atoms with van der Waals surface area (Å²) in [4.78, 5) is 11.7. The van der Waals surface area contributed by atoms with Gasteiger partial charge in [-0.2, -0.15) is 5.10 Å². The van der Waals surface area contributed by atoms with Crippen LogP contribution in [0.2, 0.25) is 10.0 Å². The van der Waals surface area contributed by atoms with Gasteiger partial charge in [0, 0.05) is 17.9 Å². The zero-order chi connectivity index (χ0) is 19.7. The van der Waals surface area contributed by atoms with E-state index in [2.05, 4.69) is 10.3 Å². The molecule has 0 unspecified atom stereocenters. The molecule has 1 saturated carbocycles. The number of nitrogens with zero attached hydrogens (tertiary/aromatic N) is 3. The van der Waals surface area contributed by atoms with Gasteiger partial charge in [0.1, 0.15) is 10.8 Å². The quantitative estimate of drug-likeness (QED) is 0.384. The molecular formula is C17H17Cl2N3O4S. The third kappa shape index (κ3) is 4.34. The van der Waals surface area contributed by atoms with Crippen LogP contribution in [0.5, 0.6) is 5.75 Å². The Kier molecular flexibility index (Phi) is 5.88. The summed E-state index contributed by atoms with van der Waals surface area (Å²) >= 11 is 13.8. The lowest BCUT2D eigenvalue weighted by atomic mass is 10.2. The predicted molar refractivity (Wildman–Crippen MR) is 103 cm³/mol. The van der Waals surface area contributed by atoms with Gasteiger partial charge >= 0.3 is 5.97 Å². The van der Waals surface area contributed by atoms with E-state index < -0.39 is 12.1 Å². The van der Waals surface area contributed by atoms with E-state index in [1.807, 2.05) is 0 Å². The van der Waals surface area contributed by atoms with Crippen molar-refractivity contribution in [2.24, 2.45) is 12.2 Å². The first-order chi connectivity index (χ1) is 12.8. The van der Waals surface area contributed by atoms with Gasteiger partial charge in [0.25, 0.3) is 0 Å². The number of ether oxygens (including phenoxy) is 1. The Labute approximate surface area is 169 Å². The summed E-state index contributed by atoms with van der Waals surface area (Å²) in [6, 6.07) is 3.10. The number of aliphatic carboxylic acids is 1. The highest BCUT2D eigenvalue weighted by Gasteiger charge is 2.31. The Morgan fingerprint density at radius 1 is 1.44 bits per heavy atom. The van der Waals surface area contributed by atoms with Gasteiger partial charge in [0.15, 0.2) is 6.10 Å². The third-order valence-electron chi connectivity index (χ3n) is 4.05. The van der Waals surface area contributed by atoms with E-state index in [0.717, 1.165) is 29.1 Å². The molecule has 0 bridgehead atoms. The number of aromatic nitrogens is 2. The summed E-state index contributed by atoms with van der Waals surface area (Å²) in [5.41, 5.74) is 1.62. The average Bonchev–Trinajstić information content (AvgIpc) is 3.40. The molecule has 1 aliphatic carbocycles. The molecule has 2 aromatic rings. The second kappa shape index (κ2) is 8.00. The molecule has 0 saturated heterocycles. The van der Waals surface area contributed by atoms with Crippen LogP contribution in [0, 0.1) is 0 Å². The molecule has 1 fully saturated rings. The number of rotatable bonds is 7. The molecule has 1 aromatic carbocycles. The van der Waals surface area contributed by atoms with E-state index >= 15 is 0 Å². The minimum atomic E-state index is -1.10. The lowest BCUT2D eigenvalue weighted by Gasteiger charge is -2.14. The van der Waals surface area contributed by atoms with Crippen molar-refractivity contribution in [1.82, 2.24) is 9.78 Å². The lowest BCUT2D eigenvalue weighted by molar-refractivity contribution is -0.144. The molecule has 1 atom stereocenters. The SMILES string of the molecule is C[C@H](Oc1cc(Sc2c(C=NO)c(C3CC3)nn2C)c(Cl)cc1Cl)C(=O)O. The van der Waals surface area contributed by atoms with Gasteiger partial charge in [-0.1, -0.05) is 40.1 Å². The Morgan fingerprint density at radius 2 is 2.15 bits per heavy atom. The van der Waals surface area contributed by atoms with E-state index in [9.17, 15) is 4.79 Å². The molecule has 27 heavy (non-hydrogen) atoms. The molecule has 144 valence electrons. The van der Waals surface area contributed by atoms with Crippen LogP contribution in [0.15, 0.2) is 27.2 Å². The Hall–Kier alpha value is -1.90. The van der Waals surface area contributed by atoms with E-state index in [-0.39, 0.29) is 10.8 Å². The van der Waals surface area contributed by atoms with Crippen molar-refractivity contribution in [3.63, 3.8) is 0 Å². The van der Waals surface area contributed by atoms with E-state index in [4.69, 9.17) is 38.3 Å². The fourth-order valence-corrected chi connectivity index (χ4v) is 4.04. The zero-order valence-electron chi connectivity index (χ0n) is 14.5. The lowest BCUT2D eigenvalue weighted by Crippen LogP contribution is -2.23. The fourth-order valence-electron chi connectivity index (χ4n) is 2.53. The van der Waals surface area contributed by atoms with Crippen LogP contribution in [-0.2, 0) is 11.8 Å². The van der Waals surface area contributed by atoms with Gasteiger partial charge in [-0.25, -0.2) is 4.79 Å². The molecule has 2 N–H and O–H groups in total. The molecule has 1 heterocycles. The van der Waals surface area contributed by atoms with Crippen LogP contribution in [0.4, 0.5) is 0 Å². The van der Waals surface area contributed by atoms with Gasteiger partial charge in [-0.3, -0.25) is 4.68 Å². The molecule has 3 rings (SSSR count). The van der Waals surface area contributed by atoms with Gasteiger partial charge in [-0.05, 0) is 31.9 Å². The minimum absolute atomic E-state index is 0.221. The van der Waals surface area contributed by atoms with Crippen LogP contribution in [0.3, 0.4) is 0 Å². The third-order valence-corrected chi connectivity index (χ3v) is 6.01. The van der Waals surface area contributed by atoms with Crippen LogP contribution in [0.1, 0.15) is 36.9 Å². The second-order valence-electron chi connectivity index (χ2n) is 6.16. The van der Waals surface area contributed by atoms with Crippen molar-refractivity contribution in [2.45, 2.75) is 41.7 Å². The minimum Gasteiger partial charge on any atom is -0.479 e. The number of carbonyl (C=O) groups is 1. The van der Waals surface area contributed by atoms with Crippen LogP contribution in [0.25, 0.3) is 0 Å². The molecule has 0 radical (unpaired) electrons. The van der Waals surface area contributed by atoms with E-state index in [0.29, 0.717) is 15.8 Å². The van der Waals surface area contributed by atoms with Gasteiger partial charge in [0.05, 0.1) is 27.5 Å². The highest BCUT2D eigenvalue weighted by molar-refractivity contribution is 7.99. The molecule has 10 heteroatoms. The van der Waals surface area contributed by atoms with Crippen molar-refractivity contribution >= 4 is 47.1 Å². The summed E-state index contributed by atoms with van der Waals surface area (Å²) in [6.07, 6.45) is 2.42. The first kappa shape index (κ1) is 19.9. The number of aryl methyl sites for hydroxylation is 1. The van der Waals surface area contributed by atoms with E-state index in [1.54, 1.807) is 17.8 Å². The summed E-state index contributed by atoms with van der Waals surface area (Å²) in [5.74, 6) is -0.507. The molecule has 1 aliphatic rings. The summed E-state index contributed by atoms with van der Waals surface area (Å²) < 4.78 is 7.12. The Morgan fingerprint density at radius 3 is 2.74 bits per heavy atom. The number of carboxylic acids is 1. The fraction of sp³-hybridized carbons (Fsp3) is 0.353. The molecule has 0 amide bonds. The van der Waals surface area contributed by atoms with Gasteiger partial charge in [-0.15, -0.1) is 0 Å². The maximum absolute atomic E-state index is 11.0. The number of carboxylic acid groups (broad SMARTS) is 1. The van der Waals surface area contributed by atoms with Gasteiger partial charge < -0.3 is 15.1 Å². The van der Waals surface area contributed by atoms with Gasteiger partial charge in [0.2, 0.25) is 0 Å². The first-order valence-electron chi connectivity index (χ1n) is 8.12. The highest BCUT2D eigenvalue weighted by atomic mass is 35.5.